The van der Waals surface area contributed by atoms with Gasteiger partial charge in [0.2, 0.25) is 0 Å². The highest BCUT2D eigenvalue weighted by Crippen LogP contribution is 2.27. The Morgan fingerprint density at radius 3 is 2.88 bits per heavy atom. The van der Waals surface area contributed by atoms with Crippen molar-refractivity contribution in [2.24, 2.45) is 0 Å². The van der Waals surface area contributed by atoms with E-state index in [1.807, 2.05) is 6.07 Å². The summed E-state index contributed by atoms with van der Waals surface area (Å²) < 4.78 is 0. The molecule has 0 atom stereocenters. The van der Waals surface area contributed by atoms with Gasteiger partial charge in [-0.3, -0.25) is 0 Å². The number of rotatable bonds is 3. The Morgan fingerprint density at radius 2 is 2.25 bits per heavy atom. The summed E-state index contributed by atoms with van der Waals surface area (Å²) in [6.07, 6.45) is 6.88. The molecule has 0 unspecified atom stereocenters. The molecule has 0 amide bonds. The van der Waals surface area contributed by atoms with Crippen LogP contribution in [-0.4, -0.2) is 17.6 Å². The van der Waals surface area contributed by atoms with Crippen molar-refractivity contribution in [2.75, 3.05) is 11.4 Å². The first-order valence-corrected chi connectivity index (χ1v) is 5.98. The minimum absolute atomic E-state index is 0.617. The second-order valence-corrected chi connectivity index (χ2v) is 4.24. The minimum atomic E-state index is 0.617. The molecule has 1 fully saturated rings. The van der Waals surface area contributed by atoms with E-state index < -0.39 is 0 Å². The summed E-state index contributed by atoms with van der Waals surface area (Å²) in [5, 5.41) is 8.89. The number of nitrogens with zero attached hydrogens (tertiary/aromatic N) is 3. The zero-order valence-electron chi connectivity index (χ0n) is 9.69. The molecule has 0 bridgehead atoms. The van der Waals surface area contributed by atoms with Gasteiger partial charge in [0, 0.05) is 18.8 Å². The molecule has 2 rings (SSSR count). The predicted molar refractivity (Wildman–Crippen MR) is 64.2 cm³/mol. The van der Waals surface area contributed by atoms with E-state index in [0.29, 0.717) is 11.6 Å². The van der Waals surface area contributed by atoms with Gasteiger partial charge in [0.25, 0.3) is 0 Å². The zero-order chi connectivity index (χ0) is 11.4. The quantitative estimate of drug-likeness (QED) is 0.778. The molecule has 1 aromatic heterocycles. The molecule has 84 valence electrons. The van der Waals surface area contributed by atoms with Crippen molar-refractivity contribution in [3.63, 3.8) is 0 Å². The Morgan fingerprint density at radius 1 is 1.50 bits per heavy atom. The first-order valence-electron chi connectivity index (χ1n) is 5.98. The van der Waals surface area contributed by atoms with Gasteiger partial charge in [-0.1, -0.05) is 12.8 Å². The second-order valence-electron chi connectivity index (χ2n) is 4.24. The number of anilines is 1. The lowest BCUT2D eigenvalue weighted by Gasteiger charge is -2.28. The molecular formula is C13H17N3. The van der Waals surface area contributed by atoms with Crippen LogP contribution in [0.2, 0.25) is 0 Å². The molecule has 1 aromatic rings. The maximum atomic E-state index is 8.89. The van der Waals surface area contributed by atoms with Crippen LogP contribution < -0.4 is 4.90 Å². The van der Waals surface area contributed by atoms with E-state index in [9.17, 15) is 0 Å². The van der Waals surface area contributed by atoms with E-state index in [1.165, 1.54) is 25.7 Å². The van der Waals surface area contributed by atoms with E-state index in [4.69, 9.17) is 5.26 Å². The van der Waals surface area contributed by atoms with Crippen LogP contribution in [0.5, 0.6) is 0 Å². The highest BCUT2D eigenvalue weighted by atomic mass is 15.2. The number of nitriles is 1. The fraction of sp³-hybridized carbons (Fsp3) is 0.538. The van der Waals surface area contributed by atoms with Gasteiger partial charge >= 0.3 is 0 Å². The first kappa shape index (κ1) is 10.9. The standard InChI is InChI=1S/C13H17N3/c1-2-16(12-5-3-4-6-12)13-9-11(10-14)7-8-15-13/h7-9,12H,2-6H2,1H3. The van der Waals surface area contributed by atoms with Crippen LogP contribution in [-0.2, 0) is 0 Å². The molecule has 0 radical (unpaired) electrons. The summed E-state index contributed by atoms with van der Waals surface area (Å²) in [6.45, 7) is 3.12. The summed E-state index contributed by atoms with van der Waals surface area (Å²) >= 11 is 0. The maximum absolute atomic E-state index is 8.89. The van der Waals surface area contributed by atoms with Crippen LogP contribution in [0.1, 0.15) is 38.2 Å². The van der Waals surface area contributed by atoms with Gasteiger partial charge in [-0.25, -0.2) is 4.98 Å². The second kappa shape index (κ2) is 4.98. The monoisotopic (exact) mass is 215 g/mol. The average Bonchev–Trinajstić information content (AvgIpc) is 2.84. The smallest absolute Gasteiger partial charge is 0.130 e. The lowest BCUT2D eigenvalue weighted by Crippen LogP contribution is -2.33. The summed E-state index contributed by atoms with van der Waals surface area (Å²) in [7, 11) is 0. The third kappa shape index (κ3) is 2.16. The fourth-order valence-corrected chi connectivity index (χ4v) is 2.47. The molecule has 0 N–H and O–H groups in total. The Kier molecular flexibility index (Phi) is 3.40. The average molecular weight is 215 g/mol. The molecule has 1 aliphatic carbocycles. The van der Waals surface area contributed by atoms with Crippen molar-refractivity contribution in [3.8, 4) is 6.07 Å². The van der Waals surface area contributed by atoms with Gasteiger partial charge in [0.05, 0.1) is 11.6 Å². The number of pyridine rings is 1. The van der Waals surface area contributed by atoms with Gasteiger partial charge in [0.1, 0.15) is 5.82 Å². The molecule has 1 aliphatic rings. The van der Waals surface area contributed by atoms with E-state index in [2.05, 4.69) is 22.9 Å². The largest absolute Gasteiger partial charge is 0.354 e. The van der Waals surface area contributed by atoms with Gasteiger partial charge < -0.3 is 4.90 Å². The highest BCUT2D eigenvalue weighted by molar-refractivity contribution is 5.45. The normalized spacial score (nSPS) is 16.0. The molecular weight excluding hydrogens is 198 g/mol. The van der Waals surface area contributed by atoms with E-state index >= 15 is 0 Å². The summed E-state index contributed by atoms with van der Waals surface area (Å²) in [5.74, 6) is 0.952. The van der Waals surface area contributed by atoms with Crippen LogP contribution in [0.3, 0.4) is 0 Å². The molecule has 3 heteroatoms. The molecule has 1 heterocycles. The SMILES string of the molecule is CCN(c1cc(C#N)ccn1)C1CCCC1. The summed E-state index contributed by atoms with van der Waals surface area (Å²) in [6, 6.07) is 6.43. The van der Waals surface area contributed by atoms with Gasteiger partial charge in [-0.2, -0.15) is 5.26 Å². The molecule has 3 nitrogen and oxygen atoms in total. The van der Waals surface area contributed by atoms with Crippen molar-refractivity contribution in [1.82, 2.24) is 4.98 Å². The third-order valence-corrected chi connectivity index (χ3v) is 3.28. The summed E-state index contributed by atoms with van der Waals surface area (Å²) in [5.41, 5.74) is 0.696. The first-order chi connectivity index (χ1) is 7.85. The Bertz CT molecular complexity index is 388. The predicted octanol–water partition coefficient (Wildman–Crippen LogP) is 2.72. The number of hydrogen-bond acceptors (Lipinski definition) is 3. The summed E-state index contributed by atoms with van der Waals surface area (Å²) in [4.78, 5) is 6.71. The van der Waals surface area contributed by atoms with Crippen LogP contribution in [0.15, 0.2) is 18.3 Å². The lowest BCUT2D eigenvalue weighted by molar-refractivity contribution is 0.613. The van der Waals surface area contributed by atoms with Gasteiger partial charge in [-0.15, -0.1) is 0 Å². The van der Waals surface area contributed by atoms with Crippen LogP contribution in [0, 0.1) is 11.3 Å². The van der Waals surface area contributed by atoms with Crippen molar-refractivity contribution >= 4 is 5.82 Å². The van der Waals surface area contributed by atoms with E-state index in [1.54, 1.807) is 12.3 Å². The Labute approximate surface area is 96.7 Å². The van der Waals surface area contributed by atoms with E-state index in [-0.39, 0.29) is 0 Å². The Hall–Kier alpha value is -1.56. The van der Waals surface area contributed by atoms with E-state index in [0.717, 1.165) is 12.4 Å². The van der Waals surface area contributed by atoms with Crippen molar-refractivity contribution in [2.45, 2.75) is 38.6 Å². The van der Waals surface area contributed by atoms with Crippen molar-refractivity contribution in [1.29, 1.82) is 5.26 Å². The van der Waals surface area contributed by atoms with Gasteiger partial charge in [0.15, 0.2) is 0 Å². The number of aromatic nitrogens is 1. The zero-order valence-corrected chi connectivity index (χ0v) is 9.69. The lowest BCUT2D eigenvalue weighted by atomic mass is 10.2. The van der Waals surface area contributed by atoms with Crippen LogP contribution in [0.4, 0.5) is 5.82 Å². The molecule has 0 aliphatic heterocycles. The molecule has 0 saturated heterocycles. The van der Waals surface area contributed by atoms with Crippen molar-refractivity contribution < 1.29 is 0 Å². The number of hydrogen-bond donors (Lipinski definition) is 0. The highest BCUT2D eigenvalue weighted by Gasteiger charge is 2.22. The fourth-order valence-electron chi connectivity index (χ4n) is 2.47. The topological polar surface area (TPSA) is 39.9 Å². The molecule has 1 saturated carbocycles. The molecule has 0 aromatic carbocycles. The minimum Gasteiger partial charge on any atom is -0.354 e. The maximum Gasteiger partial charge on any atom is 0.130 e. The Balaban J connectivity index is 2.22. The molecule has 16 heavy (non-hydrogen) atoms. The molecule has 0 spiro atoms. The van der Waals surface area contributed by atoms with Crippen LogP contribution >= 0.6 is 0 Å². The van der Waals surface area contributed by atoms with Crippen molar-refractivity contribution in [3.05, 3.63) is 23.9 Å². The van der Waals surface area contributed by atoms with Gasteiger partial charge in [-0.05, 0) is 31.9 Å². The van der Waals surface area contributed by atoms with Crippen LogP contribution in [0.25, 0.3) is 0 Å². The third-order valence-electron chi connectivity index (χ3n) is 3.28.